The van der Waals surface area contributed by atoms with Crippen molar-refractivity contribution in [3.63, 3.8) is 0 Å². The van der Waals surface area contributed by atoms with E-state index in [2.05, 4.69) is 56.4 Å². The lowest BCUT2D eigenvalue weighted by Crippen LogP contribution is -2.17. The van der Waals surface area contributed by atoms with Crippen molar-refractivity contribution in [1.29, 1.82) is 0 Å². The number of nitrogens with two attached hydrogens (primary N) is 1. The van der Waals surface area contributed by atoms with E-state index in [0.29, 0.717) is 6.54 Å². The first kappa shape index (κ1) is 14.5. The second-order valence-corrected chi connectivity index (χ2v) is 6.85. The third kappa shape index (κ3) is 3.10. The molecule has 0 atom stereocenters. The van der Waals surface area contributed by atoms with Gasteiger partial charge in [0.25, 0.3) is 0 Å². The van der Waals surface area contributed by atoms with Crippen LogP contribution in [-0.4, -0.2) is 12.0 Å². The summed E-state index contributed by atoms with van der Waals surface area (Å²) in [5, 5.41) is 3.27. The maximum absolute atomic E-state index is 5.78. The summed E-state index contributed by atoms with van der Waals surface area (Å²) < 4.78 is 1.14. The summed E-state index contributed by atoms with van der Waals surface area (Å²) in [6.45, 7) is 1.32. The van der Waals surface area contributed by atoms with E-state index in [0.717, 1.165) is 27.6 Å². The van der Waals surface area contributed by atoms with Crippen LogP contribution in [0.3, 0.4) is 0 Å². The second-order valence-electron chi connectivity index (χ2n) is 4.94. The molecule has 2 heterocycles. The molecule has 0 radical (unpaired) electrons. The molecule has 0 amide bonds. The van der Waals surface area contributed by atoms with Crippen molar-refractivity contribution in [3.8, 4) is 0 Å². The largest absolute Gasteiger partial charge is 0.369 e. The van der Waals surface area contributed by atoms with Crippen LogP contribution in [0.25, 0.3) is 10.9 Å². The first-order chi connectivity index (χ1) is 10.2. The van der Waals surface area contributed by atoms with Gasteiger partial charge >= 0.3 is 0 Å². The number of rotatable bonds is 4. The van der Waals surface area contributed by atoms with Gasteiger partial charge in [0.2, 0.25) is 0 Å². The van der Waals surface area contributed by atoms with Gasteiger partial charge in [-0.2, -0.15) is 0 Å². The van der Waals surface area contributed by atoms with Crippen LogP contribution >= 0.6 is 27.3 Å². The highest BCUT2D eigenvalue weighted by Crippen LogP contribution is 2.28. The zero-order chi connectivity index (χ0) is 14.8. The van der Waals surface area contributed by atoms with E-state index in [9.17, 15) is 0 Å². The molecule has 0 saturated carbocycles. The predicted molar refractivity (Wildman–Crippen MR) is 93.8 cm³/mol. The molecular formula is C16H16BrN3S. The van der Waals surface area contributed by atoms with E-state index in [1.54, 1.807) is 11.3 Å². The quantitative estimate of drug-likeness (QED) is 0.758. The van der Waals surface area contributed by atoms with E-state index in [4.69, 9.17) is 5.73 Å². The van der Waals surface area contributed by atoms with Crippen LogP contribution in [0.5, 0.6) is 0 Å². The van der Waals surface area contributed by atoms with Gasteiger partial charge in [-0.25, -0.2) is 0 Å². The monoisotopic (exact) mass is 361 g/mol. The van der Waals surface area contributed by atoms with Crippen LogP contribution in [0.15, 0.2) is 46.3 Å². The fourth-order valence-corrected chi connectivity index (χ4v) is 3.89. The van der Waals surface area contributed by atoms with Crippen LogP contribution < -0.4 is 10.6 Å². The molecule has 3 aromatic rings. The van der Waals surface area contributed by atoms with Crippen LogP contribution in [0.1, 0.15) is 10.6 Å². The van der Waals surface area contributed by atoms with Crippen LogP contribution in [-0.2, 0) is 13.1 Å². The minimum absolute atomic E-state index is 0.455. The number of thiophene rings is 1. The predicted octanol–water partition coefficient (Wildman–Crippen LogP) is 4.15. The highest BCUT2D eigenvalue weighted by Gasteiger charge is 2.10. The third-order valence-electron chi connectivity index (χ3n) is 3.38. The Hall–Kier alpha value is -1.43. The molecule has 0 fully saturated rings. The van der Waals surface area contributed by atoms with E-state index >= 15 is 0 Å². The fraction of sp³-hybridized carbons (Fsp3) is 0.188. The van der Waals surface area contributed by atoms with Crippen molar-refractivity contribution in [1.82, 2.24) is 4.98 Å². The molecule has 2 aromatic heterocycles. The Bertz CT molecular complexity index is 769. The molecule has 0 unspecified atom stereocenters. The van der Waals surface area contributed by atoms with Crippen molar-refractivity contribution < 1.29 is 0 Å². The fourth-order valence-electron chi connectivity index (χ4n) is 2.39. The summed E-state index contributed by atoms with van der Waals surface area (Å²) >= 11 is 5.27. The Labute approximate surface area is 136 Å². The first-order valence-corrected chi connectivity index (χ1v) is 8.37. The van der Waals surface area contributed by atoms with Gasteiger partial charge in [-0.15, -0.1) is 11.3 Å². The number of hydrogen-bond donors (Lipinski definition) is 1. The lowest BCUT2D eigenvalue weighted by molar-refractivity contribution is 0.932. The van der Waals surface area contributed by atoms with Gasteiger partial charge in [-0.1, -0.05) is 18.2 Å². The first-order valence-electron chi connectivity index (χ1n) is 6.70. The molecule has 3 nitrogen and oxygen atoms in total. The van der Waals surface area contributed by atoms with Crippen molar-refractivity contribution in [2.24, 2.45) is 5.73 Å². The topological polar surface area (TPSA) is 42.1 Å². The number of anilines is 1. The Balaban J connectivity index is 2.01. The minimum Gasteiger partial charge on any atom is -0.369 e. The molecular weight excluding hydrogens is 346 g/mol. The Morgan fingerprint density at radius 3 is 2.81 bits per heavy atom. The molecule has 0 saturated heterocycles. The molecule has 0 aliphatic carbocycles. The van der Waals surface area contributed by atoms with Crippen molar-refractivity contribution in [2.45, 2.75) is 13.1 Å². The number of fused-ring (bicyclic) bond motifs is 1. The molecule has 21 heavy (non-hydrogen) atoms. The smallest absolute Gasteiger partial charge is 0.0726 e. The van der Waals surface area contributed by atoms with Crippen LogP contribution in [0.4, 0.5) is 5.69 Å². The average molecular weight is 362 g/mol. The van der Waals surface area contributed by atoms with Crippen molar-refractivity contribution in [3.05, 3.63) is 56.8 Å². The lowest BCUT2D eigenvalue weighted by Gasteiger charge is -2.21. The summed E-state index contributed by atoms with van der Waals surface area (Å²) in [4.78, 5) is 8.16. The average Bonchev–Trinajstić information content (AvgIpc) is 2.91. The summed E-state index contributed by atoms with van der Waals surface area (Å²) in [5.41, 5.74) is 8.87. The Morgan fingerprint density at radius 2 is 2.10 bits per heavy atom. The molecule has 108 valence electrons. The van der Waals surface area contributed by atoms with Gasteiger partial charge in [-0.05, 0) is 34.1 Å². The SMILES string of the molecule is CN(Cc1cc(Br)cs1)c1cc(CN)nc2ccccc12. The molecule has 0 aliphatic heterocycles. The van der Waals surface area contributed by atoms with Gasteiger partial charge < -0.3 is 10.6 Å². The number of pyridine rings is 1. The number of benzene rings is 1. The number of hydrogen-bond acceptors (Lipinski definition) is 4. The van der Waals surface area contributed by atoms with Gasteiger partial charge in [-0.3, -0.25) is 4.98 Å². The lowest BCUT2D eigenvalue weighted by atomic mass is 10.1. The molecule has 0 spiro atoms. The normalized spacial score (nSPS) is 11.0. The molecule has 3 rings (SSSR count). The molecule has 5 heteroatoms. The summed E-state index contributed by atoms with van der Waals surface area (Å²) in [7, 11) is 2.11. The van der Waals surface area contributed by atoms with E-state index in [1.165, 1.54) is 10.6 Å². The van der Waals surface area contributed by atoms with Crippen LogP contribution in [0.2, 0.25) is 0 Å². The molecule has 1 aromatic carbocycles. The number of para-hydroxylation sites is 1. The number of nitrogens with zero attached hydrogens (tertiary/aromatic N) is 2. The summed E-state index contributed by atoms with van der Waals surface area (Å²) in [6, 6.07) is 12.5. The summed E-state index contributed by atoms with van der Waals surface area (Å²) in [6.07, 6.45) is 0. The van der Waals surface area contributed by atoms with E-state index in [-0.39, 0.29) is 0 Å². The molecule has 0 bridgehead atoms. The zero-order valence-corrected chi connectivity index (χ0v) is 14.1. The van der Waals surface area contributed by atoms with E-state index < -0.39 is 0 Å². The number of halogens is 1. The second kappa shape index (κ2) is 6.13. The maximum atomic E-state index is 5.78. The maximum Gasteiger partial charge on any atom is 0.0726 e. The van der Waals surface area contributed by atoms with Gasteiger partial charge in [0, 0.05) is 39.4 Å². The third-order valence-corrected chi connectivity index (χ3v) is 5.06. The minimum atomic E-state index is 0.455. The summed E-state index contributed by atoms with van der Waals surface area (Å²) in [5.74, 6) is 0. The highest BCUT2D eigenvalue weighted by atomic mass is 79.9. The van der Waals surface area contributed by atoms with Crippen molar-refractivity contribution >= 4 is 43.9 Å². The van der Waals surface area contributed by atoms with E-state index in [1.807, 2.05) is 18.2 Å². The highest BCUT2D eigenvalue weighted by molar-refractivity contribution is 9.10. The standard InChI is InChI=1S/C16H16BrN3S/c1-20(9-13-6-11(17)10-21-13)16-7-12(8-18)19-15-5-3-2-4-14(15)16/h2-7,10H,8-9,18H2,1H3. The van der Waals surface area contributed by atoms with Gasteiger partial charge in [0.15, 0.2) is 0 Å². The Morgan fingerprint density at radius 1 is 1.29 bits per heavy atom. The van der Waals surface area contributed by atoms with Crippen molar-refractivity contribution in [2.75, 3.05) is 11.9 Å². The molecule has 0 aliphatic rings. The Kier molecular flexibility index (Phi) is 4.24. The van der Waals surface area contributed by atoms with Crippen LogP contribution in [0, 0.1) is 0 Å². The van der Waals surface area contributed by atoms with Gasteiger partial charge in [0.05, 0.1) is 17.8 Å². The zero-order valence-electron chi connectivity index (χ0n) is 11.7. The van der Waals surface area contributed by atoms with Gasteiger partial charge in [0.1, 0.15) is 0 Å². The number of aromatic nitrogens is 1. The molecule has 2 N–H and O–H groups in total.